The van der Waals surface area contributed by atoms with E-state index < -0.39 is 0 Å². The van der Waals surface area contributed by atoms with E-state index in [4.69, 9.17) is 4.74 Å². The van der Waals surface area contributed by atoms with Crippen molar-refractivity contribution in [3.05, 3.63) is 59.8 Å². The van der Waals surface area contributed by atoms with Crippen LogP contribution in [0, 0.1) is 0 Å². The second-order valence-electron chi connectivity index (χ2n) is 7.89. The Labute approximate surface area is 187 Å². The first-order valence-corrected chi connectivity index (χ1v) is 10.5. The SMILES string of the molecule is COc1ccccc1N1C(=O)C(c2ccc(NC(C)=O)cc2)=C(N2CCN(C)CC2)C1=O. The summed E-state index contributed by atoms with van der Waals surface area (Å²) in [5, 5.41) is 2.72. The van der Waals surface area contributed by atoms with Gasteiger partial charge < -0.3 is 19.9 Å². The molecule has 0 aliphatic carbocycles. The molecule has 0 atom stereocenters. The Kier molecular flexibility index (Phi) is 5.96. The van der Waals surface area contributed by atoms with E-state index in [-0.39, 0.29) is 17.7 Å². The van der Waals surface area contributed by atoms with Gasteiger partial charge in [-0.2, -0.15) is 0 Å². The highest BCUT2D eigenvalue weighted by Gasteiger charge is 2.43. The summed E-state index contributed by atoms with van der Waals surface area (Å²) in [6, 6.07) is 14.0. The Bertz CT molecular complexity index is 1090. The van der Waals surface area contributed by atoms with Crippen molar-refractivity contribution in [3.63, 3.8) is 0 Å². The van der Waals surface area contributed by atoms with E-state index >= 15 is 0 Å². The number of carbonyl (C=O) groups excluding carboxylic acids is 3. The van der Waals surface area contributed by atoms with Gasteiger partial charge in [-0.15, -0.1) is 0 Å². The molecule has 8 heteroatoms. The van der Waals surface area contributed by atoms with E-state index in [1.54, 1.807) is 48.5 Å². The molecule has 4 rings (SSSR count). The van der Waals surface area contributed by atoms with Gasteiger partial charge in [-0.25, -0.2) is 4.90 Å². The average molecular weight is 434 g/mol. The van der Waals surface area contributed by atoms with Gasteiger partial charge in [-0.05, 0) is 36.9 Å². The molecule has 2 aliphatic heterocycles. The molecule has 0 bridgehead atoms. The number of hydrogen-bond acceptors (Lipinski definition) is 6. The maximum Gasteiger partial charge on any atom is 0.282 e. The predicted molar refractivity (Wildman–Crippen MR) is 122 cm³/mol. The van der Waals surface area contributed by atoms with Crippen LogP contribution >= 0.6 is 0 Å². The molecule has 0 spiro atoms. The molecule has 2 aromatic carbocycles. The van der Waals surface area contributed by atoms with E-state index in [1.807, 2.05) is 11.9 Å². The van der Waals surface area contributed by atoms with Gasteiger partial charge in [0.05, 0.1) is 18.4 Å². The monoisotopic (exact) mass is 434 g/mol. The first-order chi connectivity index (χ1) is 15.4. The highest BCUT2D eigenvalue weighted by Crippen LogP contribution is 2.38. The Balaban J connectivity index is 1.79. The number of nitrogens with zero attached hydrogens (tertiary/aromatic N) is 3. The maximum atomic E-state index is 13.6. The first-order valence-electron chi connectivity index (χ1n) is 10.5. The lowest BCUT2D eigenvalue weighted by Gasteiger charge is -2.34. The van der Waals surface area contributed by atoms with Crippen LogP contribution in [-0.2, 0) is 14.4 Å². The summed E-state index contributed by atoms with van der Waals surface area (Å²) in [6.07, 6.45) is 0. The number of methoxy groups -OCH3 is 1. The fraction of sp³-hybridized carbons (Fsp3) is 0.292. The van der Waals surface area contributed by atoms with Crippen molar-refractivity contribution in [3.8, 4) is 5.75 Å². The minimum atomic E-state index is -0.388. The van der Waals surface area contributed by atoms with E-state index in [9.17, 15) is 14.4 Å². The number of ether oxygens (including phenoxy) is 1. The number of nitrogens with one attached hydrogen (secondary N) is 1. The fourth-order valence-corrected chi connectivity index (χ4v) is 4.06. The number of para-hydroxylation sites is 2. The van der Waals surface area contributed by atoms with Gasteiger partial charge in [0, 0.05) is 38.8 Å². The molecule has 0 radical (unpaired) electrons. The Hall–Kier alpha value is -3.65. The van der Waals surface area contributed by atoms with Gasteiger partial charge in [0.1, 0.15) is 11.4 Å². The summed E-state index contributed by atoms with van der Waals surface area (Å²) in [4.78, 5) is 44.0. The fourth-order valence-electron chi connectivity index (χ4n) is 4.06. The zero-order valence-corrected chi connectivity index (χ0v) is 18.4. The summed E-state index contributed by atoms with van der Waals surface area (Å²) < 4.78 is 5.42. The second-order valence-corrected chi connectivity index (χ2v) is 7.89. The molecular formula is C24H26N4O4. The maximum absolute atomic E-state index is 13.6. The van der Waals surface area contributed by atoms with Gasteiger partial charge in [0.25, 0.3) is 11.8 Å². The minimum Gasteiger partial charge on any atom is -0.495 e. The van der Waals surface area contributed by atoms with Crippen LogP contribution in [0.1, 0.15) is 12.5 Å². The summed E-state index contributed by atoms with van der Waals surface area (Å²) >= 11 is 0. The zero-order chi connectivity index (χ0) is 22.8. The quantitative estimate of drug-likeness (QED) is 0.727. The number of imide groups is 1. The van der Waals surface area contributed by atoms with Gasteiger partial charge in [-0.1, -0.05) is 24.3 Å². The van der Waals surface area contributed by atoms with Crippen LogP contribution in [0.4, 0.5) is 11.4 Å². The average Bonchev–Trinajstić information content (AvgIpc) is 3.04. The number of amides is 3. The van der Waals surface area contributed by atoms with Crippen LogP contribution < -0.4 is 15.0 Å². The molecule has 3 amide bonds. The van der Waals surface area contributed by atoms with Crippen LogP contribution in [0.3, 0.4) is 0 Å². The number of carbonyl (C=O) groups is 3. The van der Waals surface area contributed by atoms with Crippen molar-refractivity contribution in [1.82, 2.24) is 9.80 Å². The van der Waals surface area contributed by atoms with Crippen molar-refractivity contribution in [2.45, 2.75) is 6.92 Å². The Morgan fingerprint density at radius 1 is 0.938 bits per heavy atom. The third-order valence-corrected chi connectivity index (χ3v) is 5.70. The van der Waals surface area contributed by atoms with Crippen LogP contribution in [0.25, 0.3) is 5.57 Å². The molecule has 0 saturated carbocycles. The largest absolute Gasteiger partial charge is 0.495 e. The first kappa shape index (κ1) is 21.6. The molecule has 8 nitrogen and oxygen atoms in total. The van der Waals surface area contributed by atoms with Crippen molar-refractivity contribution >= 4 is 34.7 Å². The van der Waals surface area contributed by atoms with E-state index in [2.05, 4.69) is 10.2 Å². The number of benzene rings is 2. The number of piperazine rings is 1. The lowest BCUT2D eigenvalue weighted by molar-refractivity contribution is -0.121. The van der Waals surface area contributed by atoms with Gasteiger partial charge >= 0.3 is 0 Å². The smallest absolute Gasteiger partial charge is 0.282 e. The number of hydrogen-bond donors (Lipinski definition) is 1. The minimum absolute atomic E-state index is 0.176. The molecule has 2 heterocycles. The molecule has 1 N–H and O–H groups in total. The van der Waals surface area contributed by atoms with Crippen molar-refractivity contribution < 1.29 is 19.1 Å². The predicted octanol–water partition coefficient (Wildman–Crippen LogP) is 2.19. The van der Waals surface area contributed by atoms with Crippen LogP contribution in [0.2, 0.25) is 0 Å². The normalized spacial score (nSPS) is 17.2. The molecule has 2 aromatic rings. The molecule has 1 saturated heterocycles. The third-order valence-electron chi connectivity index (χ3n) is 5.70. The van der Waals surface area contributed by atoms with Gasteiger partial charge in [0.15, 0.2) is 0 Å². The highest BCUT2D eigenvalue weighted by molar-refractivity contribution is 6.45. The Morgan fingerprint density at radius 2 is 1.59 bits per heavy atom. The highest BCUT2D eigenvalue weighted by atomic mass is 16.5. The lowest BCUT2D eigenvalue weighted by Crippen LogP contribution is -2.46. The van der Waals surface area contributed by atoms with Gasteiger partial charge in [0.2, 0.25) is 5.91 Å². The molecular weight excluding hydrogens is 408 g/mol. The summed E-state index contributed by atoms with van der Waals surface area (Å²) in [7, 11) is 3.55. The summed E-state index contributed by atoms with van der Waals surface area (Å²) in [6.45, 7) is 4.34. The third kappa shape index (κ3) is 3.97. The van der Waals surface area contributed by atoms with Crippen LogP contribution in [0.5, 0.6) is 5.75 Å². The van der Waals surface area contributed by atoms with Crippen molar-refractivity contribution in [1.29, 1.82) is 0 Å². The molecule has 166 valence electrons. The lowest BCUT2D eigenvalue weighted by atomic mass is 10.0. The summed E-state index contributed by atoms with van der Waals surface area (Å²) in [5.41, 5.74) is 2.44. The molecule has 1 fully saturated rings. The van der Waals surface area contributed by atoms with Crippen LogP contribution in [0.15, 0.2) is 54.2 Å². The molecule has 0 aromatic heterocycles. The topological polar surface area (TPSA) is 82.2 Å². The number of likely N-dealkylation sites (N-methyl/N-ethyl adjacent to an activating group) is 1. The molecule has 2 aliphatic rings. The summed E-state index contributed by atoms with van der Waals surface area (Å²) in [5.74, 6) is -0.468. The molecule has 32 heavy (non-hydrogen) atoms. The number of rotatable bonds is 5. The number of anilines is 2. The van der Waals surface area contributed by atoms with Crippen molar-refractivity contribution in [2.75, 3.05) is 50.6 Å². The van der Waals surface area contributed by atoms with E-state index in [1.165, 1.54) is 18.9 Å². The van der Waals surface area contributed by atoms with E-state index in [0.717, 1.165) is 13.1 Å². The molecule has 0 unspecified atom stereocenters. The second kappa shape index (κ2) is 8.84. The standard InChI is InChI=1S/C24H26N4O4/c1-16(29)25-18-10-8-17(9-11-18)21-22(27-14-12-26(2)13-15-27)24(31)28(23(21)30)19-6-4-5-7-20(19)32-3/h4-11H,12-15H2,1-3H3,(H,25,29). The zero-order valence-electron chi connectivity index (χ0n) is 18.4. The van der Waals surface area contributed by atoms with Gasteiger partial charge in [-0.3, -0.25) is 14.4 Å². The van der Waals surface area contributed by atoms with Crippen molar-refractivity contribution in [2.24, 2.45) is 0 Å². The van der Waals surface area contributed by atoms with Crippen LogP contribution in [-0.4, -0.2) is 67.9 Å². The van der Waals surface area contributed by atoms with E-state index in [0.29, 0.717) is 47.0 Å². The Morgan fingerprint density at radius 3 is 2.22 bits per heavy atom.